The first-order chi connectivity index (χ1) is 8.74. The third-order valence-corrected chi connectivity index (χ3v) is 2.57. The molecule has 0 aliphatic rings. The van der Waals surface area contributed by atoms with Crippen LogP contribution in [0, 0.1) is 0 Å². The molecule has 0 saturated carbocycles. The molecule has 0 spiro atoms. The minimum absolute atomic E-state index is 0.368. The average Bonchev–Trinajstić information content (AvgIpc) is 2.46. The lowest BCUT2D eigenvalue weighted by molar-refractivity contribution is 0.0600. The van der Waals surface area contributed by atoms with Crippen molar-refractivity contribution in [3.05, 3.63) is 48.2 Å². The van der Waals surface area contributed by atoms with Crippen LogP contribution in [0.2, 0.25) is 0 Å². The standard InChI is InChI=1S/C14H13NO3/c1-17-12-5-3-10(4-6-12)13-9-11(7-8-15-13)14(16)18-2/h3-9H,1-2H3. The summed E-state index contributed by atoms with van der Waals surface area (Å²) in [6.07, 6.45) is 1.59. The molecule has 18 heavy (non-hydrogen) atoms. The summed E-state index contributed by atoms with van der Waals surface area (Å²) in [6, 6.07) is 10.8. The molecule has 0 unspecified atom stereocenters. The van der Waals surface area contributed by atoms with Crippen LogP contribution in [-0.4, -0.2) is 25.2 Å². The highest BCUT2D eigenvalue weighted by molar-refractivity contribution is 5.90. The third kappa shape index (κ3) is 2.48. The van der Waals surface area contributed by atoms with Gasteiger partial charge in [-0.15, -0.1) is 0 Å². The number of nitrogens with zero attached hydrogens (tertiary/aromatic N) is 1. The van der Waals surface area contributed by atoms with Gasteiger partial charge in [0, 0.05) is 11.8 Å². The zero-order valence-corrected chi connectivity index (χ0v) is 10.2. The van der Waals surface area contributed by atoms with Crippen molar-refractivity contribution in [3.8, 4) is 17.0 Å². The van der Waals surface area contributed by atoms with Gasteiger partial charge in [0.1, 0.15) is 5.75 Å². The molecular formula is C14H13NO3. The number of carbonyl (C=O) groups is 1. The van der Waals surface area contributed by atoms with Gasteiger partial charge in [0.25, 0.3) is 0 Å². The van der Waals surface area contributed by atoms with Crippen molar-refractivity contribution in [3.63, 3.8) is 0 Å². The van der Waals surface area contributed by atoms with E-state index in [4.69, 9.17) is 4.74 Å². The van der Waals surface area contributed by atoms with E-state index in [9.17, 15) is 4.79 Å². The maximum atomic E-state index is 11.4. The molecule has 0 bridgehead atoms. The second-order valence-electron chi connectivity index (χ2n) is 3.65. The average molecular weight is 243 g/mol. The quantitative estimate of drug-likeness (QED) is 0.777. The van der Waals surface area contributed by atoms with Crippen LogP contribution in [0.5, 0.6) is 5.75 Å². The minimum atomic E-state index is -0.368. The van der Waals surface area contributed by atoms with Crippen LogP contribution in [-0.2, 0) is 4.74 Å². The Morgan fingerprint density at radius 3 is 2.44 bits per heavy atom. The Labute approximate surface area is 105 Å². The molecule has 0 saturated heterocycles. The van der Waals surface area contributed by atoms with Gasteiger partial charge in [0.2, 0.25) is 0 Å². The highest BCUT2D eigenvalue weighted by atomic mass is 16.5. The summed E-state index contributed by atoms with van der Waals surface area (Å²) in [5.41, 5.74) is 2.13. The van der Waals surface area contributed by atoms with Gasteiger partial charge in [0.15, 0.2) is 0 Å². The fourth-order valence-corrected chi connectivity index (χ4v) is 1.60. The lowest BCUT2D eigenvalue weighted by Crippen LogP contribution is -2.01. The number of benzene rings is 1. The van der Waals surface area contributed by atoms with Crippen LogP contribution in [0.4, 0.5) is 0 Å². The molecule has 0 aliphatic carbocycles. The Morgan fingerprint density at radius 1 is 1.11 bits per heavy atom. The molecule has 0 aliphatic heterocycles. The summed E-state index contributed by atoms with van der Waals surface area (Å²) in [5.74, 6) is 0.412. The lowest BCUT2D eigenvalue weighted by atomic mass is 10.1. The van der Waals surface area contributed by atoms with Crippen molar-refractivity contribution < 1.29 is 14.3 Å². The van der Waals surface area contributed by atoms with Gasteiger partial charge in [-0.1, -0.05) is 0 Å². The van der Waals surface area contributed by atoms with Gasteiger partial charge >= 0.3 is 5.97 Å². The molecule has 0 N–H and O–H groups in total. The topological polar surface area (TPSA) is 48.4 Å². The van der Waals surface area contributed by atoms with Crippen molar-refractivity contribution in [1.29, 1.82) is 0 Å². The first-order valence-electron chi connectivity index (χ1n) is 5.43. The Balaban J connectivity index is 2.35. The van der Waals surface area contributed by atoms with E-state index >= 15 is 0 Å². The summed E-state index contributed by atoms with van der Waals surface area (Å²) >= 11 is 0. The van der Waals surface area contributed by atoms with Gasteiger partial charge in [-0.3, -0.25) is 4.98 Å². The number of hydrogen-bond acceptors (Lipinski definition) is 4. The summed E-state index contributed by atoms with van der Waals surface area (Å²) in [4.78, 5) is 15.7. The molecule has 2 aromatic rings. The lowest BCUT2D eigenvalue weighted by Gasteiger charge is -2.04. The number of hydrogen-bond donors (Lipinski definition) is 0. The van der Waals surface area contributed by atoms with E-state index in [1.54, 1.807) is 25.4 Å². The molecular weight excluding hydrogens is 230 g/mol. The molecule has 0 amide bonds. The first kappa shape index (κ1) is 12.1. The second kappa shape index (κ2) is 5.31. The van der Waals surface area contributed by atoms with E-state index in [0.29, 0.717) is 5.56 Å². The Morgan fingerprint density at radius 2 is 1.83 bits per heavy atom. The number of carbonyl (C=O) groups excluding carboxylic acids is 1. The summed E-state index contributed by atoms with van der Waals surface area (Å²) < 4.78 is 9.77. The van der Waals surface area contributed by atoms with Crippen LogP contribution in [0.25, 0.3) is 11.3 Å². The number of esters is 1. The largest absolute Gasteiger partial charge is 0.497 e. The van der Waals surface area contributed by atoms with Gasteiger partial charge in [-0.25, -0.2) is 4.79 Å². The predicted molar refractivity (Wildman–Crippen MR) is 67.6 cm³/mol. The van der Waals surface area contributed by atoms with Crippen molar-refractivity contribution in [1.82, 2.24) is 4.98 Å². The normalized spacial score (nSPS) is 9.89. The highest BCUT2D eigenvalue weighted by Crippen LogP contribution is 2.21. The highest BCUT2D eigenvalue weighted by Gasteiger charge is 2.07. The van der Waals surface area contributed by atoms with E-state index in [2.05, 4.69) is 9.72 Å². The number of aromatic nitrogens is 1. The van der Waals surface area contributed by atoms with Crippen LogP contribution in [0.1, 0.15) is 10.4 Å². The maximum absolute atomic E-state index is 11.4. The zero-order valence-electron chi connectivity index (χ0n) is 10.2. The molecule has 1 aromatic carbocycles. The SMILES string of the molecule is COC(=O)c1ccnc(-c2ccc(OC)cc2)c1. The monoisotopic (exact) mass is 243 g/mol. The molecule has 0 fully saturated rings. The summed E-state index contributed by atoms with van der Waals surface area (Å²) in [7, 11) is 2.97. The molecule has 2 rings (SSSR count). The molecule has 4 heteroatoms. The molecule has 4 nitrogen and oxygen atoms in total. The van der Waals surface area contributed by atoms with E-state index in [1.165, 1.54) is 7.11 Å². The zero-order chi connectivity index (χ0) is 13.0. The molecule has 92 valence electrons. The van der Waals surface area contributed by atoms with Crippen molar-refractivity contribution in [2.45, 2.75) is 0 Å². The number of pyridine rings is 1. The Kier molecular flexibility index (Phi) is 3.57. The predicted octanol–water partition coefficient (Wildman–Crippen LogP) is 2.54. The fourth-order valence-electron chi connectivity index (χ4n) is 1.60. The van der Waals surface area contributed by atoms with E-state index < -0.39 is 0 Å². The van der Waals surface area contributed by atoms with Gasteiger partial charge in [-0.2, -0.15) is 0 Å². The minimum Gasteiger partial charge on any atom is -0.497 e. The fraction of sp³-hybridized carbons (Fsp3) is 0.143. The molecule has 1 heterocycles. The summed E-state index contributed by atoms with van der Waals surface area (Å²) in [5, 5.41) is 0. The number of rotatable bonds is 3. The van der Waals surface area contributed by atoms with E-state index in [-0.39, 0.29) is 5.97 Å². The number of methoxy groups -OCH3 is 2. The van der Waals surface area contributed by atoms with E-state index in [1.807, 2.05) is 24.3 Å². The van der Waals surface area contributed by atoms with Crippen LogP contribution in [0.3, 0.4) is 0 Å². The Hall–Kier alpha value is -2.36. The smallest absolute Gasteiger partial charge is 0.337 e. The third-order valence-electron chi connectivity index (χ3n) is 2.57. The van der Waals surface area contributed by atoms with Crippen LogP contribution in [0.15, 0.2) is 42.6 Å². The molecule has 0 radical (unpaired) electrons. The summed E-state index contributed by atoms with van der Waals surface area (Å²) in [6.45, 7) is 0. The first-order valence-corrected chi connectivity index (χ1v) is 5.43. The molecule has 0 atom stereocenters. The maximum Gasteiger partial charge on any atom is 0.337 e. The van der Waals surface area contributed by atoms with Gasteiger partial charge in [-0.05, 0) is 36.4 Å². The Bertz CT molecular complexity index is 549. The van der Waals surface area contributed by atoms with Crippen molar-refractivity contribution in [2.75, 3.05) is 14.2 Å². The second-order valence-corrected chi connectivity index (χ2v) is 3.65. The van der Waals surface area contributed by atoms with Gasteiger partial charge < -0.3 is 9.47 Å². The van der Waals surface area contributed by atoms with Crippen molar-refractivity contribution in [2.24, 2.45) is 0 Å². The van der Waals surface area contributed by atoms with Crippen molar-refractivity contribution >= 4 is 5.97 Å². The molecule has 1 aromatic heterocycles. The van der Waals surface area contributed by atoms with Crippen LogP contribution >= 0.6 is 0 Å². The van der Waals surface area contributed by atoms with Gasteiger partial charge in [0.05, 0.1) is 25.5 Å². The number of ether oxygens (including phenoxy) is 2. The van der Waals surface area contributed by atoms with Crippen LogP contribution < -0.4 is 4.74 Å². The van der Waals surface area contributed by atoms with E-state index in [0.717, 1.165) is 17.0 Å².